The van der Waals surface area contributed by atoms with E-state index in [4.69, 9.17) is 10.00 Å². The Morgan fingerprint density at radius 2 is 2.12 bits per heavy atom. The van der Waals surface area contributed by atoms with Gasteiger partial charge in [0.2, 0.25) is 0 Å². The highest BCUT2D eigenvalue weighted by atomic mass is 32.2. The third kappa shape index (κ3) is 5.01. The minimum atomic E-state index is -0.730. The van der Waals surface area contributed by atoms with Gasteiger partial charge in [-0.05, 0) is 25.0 Å². The van der Waals surface area contributed by atoms with E-state index in [9.17, 15) is 4.21 Å². The third-order valence-electron chi connectivity index (χ3n) is 2.21. The fourth-order valence-electron chi connectivity index (χ4n) is 1.42. The lowest BCUT2D eigenvalue weighted by atomic mass is 10.2. The molecule has 3 nitrogen and oxygen atoms in total. The first kappa shape index (κ1) is 13.7. The van der Waals surface area contributed by atoms with Crippen molar-refractivity contribution < 1.29 is 8.95 Å². The molecule has 1 aromatic rings. The monoisotopic (exact) mass is 251 g/mol. The van der Waals surface area contributed by atoms with Crippen LogP contribution in [-0.4, -0.2) is 22.3 Å². The first-order chi connectivity index (χ1) is 8.27. The maximum Gasteiger partial charge on any atom is 0.137 e. The zero-order chi connectivity index (χ0) is 12.5. The molecule has 0 saturated carbocycles. The van der Waals surface area contributed by atoms with E-state index >= 15 is 0 Å². The molecule has 1 atom stereocenters. The molecule has 0 N–H and O–H groups in total. The Morgan fingerprint density at radius 3 is 2.82 bits per heavy atom. The molecule has 0 spiro atoms. The van der Waals surface area contributed by atoms with Crippen molar-refractivity contribution >= 4 is 10.8 Å². The summed E-state index contributed by atoms with van der Waals surface area (Å²) < 4.78 is 16.9. The molecule has 1 aromatic carbocycles. The number of para-hydroxylation sites is 1. The van der Waals surface area contributed by atoms with Crippen LogP contribution in [0.5, 0.6) is 5.75 Å². The van der Waals surface area contributed by atoms with Crippen LogP contribution in [0.25, 0.3) is 0 Å². The van der Waals surface area contributed by atoms with Crippen LogP contribution in [0.1, 0.15) is 25.3 Å². The molecule has 0 aliphatic carbocycles. The van der Waals surface area contributed by atoms with Crippen LogP contribution < -0.4 is 4.74 Å². The molecule has 1 unspecified atom stereocenters. The van der Waals surface area contributed by atoms with Gasteiger partial charge in [0, 0.05) is 22.3 Å². The van der Waals surface area contributed by atoms with Crippen molar-refractivity contribution in [2.24, 2.45) is 0 Å². The van der Waals surface area contributed by atoms with Gasteiger partial charge in [-0.15, -0.1) is 0 Å². The molecule has 0 bridgehead atoms. The predicted octanol–water partition coefficient (Wildman–Crippen LogP) is 2.49. The maximum atomic E-state index is 11.4. The predicted molar refractivity (Wildman–Crippen MR) is 69.4 cm³/mol. The van der Waals surface area contributed by atoms with Gasteiger partial charge in [0.15, 0.2) is 0 Å². The van der Waals surface area contributed by atoms with E-state index in [0.717, 1.165) is 18.6 Å². The fraction of sp³-hybridized carbons (Fsp3) is 0.462. The second-order valence-electron chi connectivity index (χ2n) is 3.66. The van der Waals surface area contributed by atoms with Gasteiger partial charge < -0.3 is 4.74 Å². The lowest BCUT2D eigenvalue weighted by molar-refractivity contribution is 0.317. The highest BCUT2D eigenvalue weighted by Crippen LogP contribution is 2.16. The van der Waals surface area contributed by atoms with Gasteiger partial charge >= 0.3 is 0 Å². The summed E-state index contributed by atoms with van der Waals surface area (Å²) in [4.78, 5) is 0. The number of hydrogen-bond donors (Lipinski definition) is 0. The molecule has 4 heteroatoms. The second-order valence-corrected chi connectivity index (χ2v) is 5.35. The van der Waals surface area contributed by atoms with Crippen LogP contribution in [0.2, 0.25) is 0 Å². The lowest BCUT2D eigenvalue weighted by Crippen LogP contribution is -2.07. The minimum absolute atomic E-state index is 0.508. The number of nitrogens with zero attached hydrogens (tertiary/aromatic N) is 1. The summed E-state index contributed by atoms with van der Waals surface area (Å²) in [7, 11) is -0.730. The van der Waals surface area contributed by atoms with E-state index in [-0.39, 0.29) is 0 Å². The van der Waals surface area contributed by atoms with Gasteiger partial charge in [-0.3, -0.25) is 4.21 Å². The van der Waals surface area contributed by atoms with Crippen molar-refractivity contribution in [3.63, 3.8) is 0 Å². The van der Waals surface area contributed by atoms with Crippen LogP contribution in [0, 0.1) is 11.3 Å². The Hall–Kier alpha value is -1.34. The minimum Gasteiger partial charge on any atom is -0.492 e. The van der Waals surface area contributed by atoms with Crippen LogP contribution in [0.4, 0.5) is 0 Å². The van der Waals surface area contributed by atoms with E-state index in [1.807, 2.05) is 19.1 Å². The van der Waals surface area contributed by atoms with Crippen molar-refractivity contribution in [3.8, 4) is 11.8 Å². The summed E-state index contributed by atoms with van der Waals surface area (Å²) in [6.45, 7) is 2.53. The Kier molecular flexibility index (Phi) is 6.34. The molecule has 0 aromatic heterocycles. The van der Waals surface area contributed by atoms with Crippen molar-refractivity contribution in [2.75, 3.05) is 18.1 Å². The molecule has 92 valence electrons. The van der Waals surface area contributed by atoms with Gasteiger partial charge in [0.25, 0.3) is 0 Å². The number of nitriles is 1. The molecule has 0 saturated heterocycles. The standard InChI is InChI=1S/C13H17NO2S/c1-2-9-17(15)10-5-8-16-13-7-4-3-6-12(13)11-14/h3-4,6-7H,2,5,8-10H2,1H3. The van der Waals surface area contributed by atoms with Crippen LogP contribution in [-0.2, 0) is 10.8 Å². The Bertz CT molecular complexity index is 412. The van der Waals surface area contributed by atoms with Gasteiger partial charge in [-0.2, -0.15) is 5.26 Å². The van der Waals surface area contributed by atoms with Gasteiger partial charge in [-0.1, -0.05) is 19.1 Å². The summed E-state index contributed by atoms with van der Waals surface area (Å²) in [5.74, 6) is 2.04. The molecule has 0 aliphatic rings. The smallest absolute Gasteiger partial charge is 0.137 e. The summed E-state index contributed by atoms with van der Waals surface area (Å²) in [6.07, 6.45) is 1.71. The molecule has 0 heterocycles. The highest BCUT2D eigenvalue weighted by molar-refractivity contribution is 7.84. The zero-order valence-electron chi connectivity index (χ0n) is 10.0. The molecule has 1 rings (SSSR count). The second kappa shape index (κ2) is 7.86. The topological polar surface area (TPSA) is 50.1 Å². The molecule has 0 aliphatic heterocycles. The van der Waals surface area contributed by atoms with Gasteiger partial charge in [0.1, 0.15) is 11.8 Å². The van der Waals surface area contributed by atoms with Crippen LogP contribution >= 0.6 is 0 Å². The highest BCUT2D eigenvalue weighted by Gasteiger charge is 2.02. The quantitative estimate of drug-likeness (QED) is 0.699. The Balaban J connectivity index is 2.32. The Morgan fingerprint density at radius 1 is 1.35 bits per heavy atom. The SMILES string of the molecule is CCCS(=O)CCCOc1ccccc1C#N. The maximum absolute atomic E-state index is 11.4. The number of rotatable bonds is 7. The zero-order valence-corrected chi connectivity index (χ0v) is 10.8. The third-order valence-corrected chi connectivity index (χ3v) is 3.82. The summed E-state index contributed by atoms with van der Waals surface area (Å²) >= 11 is 0. The lowest BCUT2D eigenvalue weighted by Gasteiger charge is -2.07. The van der Waals surface area contributed by atoms with E-state index in [1.54, 1.807) is 12.1 Å². The fourth-order valence-corrected chi connectivity index (χ4v) is 2.52. The molecule has 0 amide bonds. The Labute approximate surface area is 105 Å². The van der Waals surface area contributed by atoms with Crippen LogP contribution in [0.15, 0.2) is 24.3 Å². The number of ether oxygens (including phenoxy) is 1. The molecule has 0 radical (unpaired) electrons. The van der Waals surface area contributed by atoms with Crippen molar-refractivity contribution in [3.05, 3.63) is 29.8 Å². The molecular formula is C13H17NO2S. The largest absolute Gasteiger partial charge is 0.492 e. The normalized spacial score (nSPS) is 11.8. The van der Waals surface area contributed by atoms with Crippen molar-refractivity contribution in [2.45, 2.75) is 19.8 Å². The number of benzene rings is 1. The summed E-state index contributed by atoms with van der Waals surface area (Å²) in [5, 5.41) is 8.85. The van der Waals surface area contributed by atoms with E-state index in [2.05, 4.69) is 6.07 Å². The average Bonchev–Trinajstić information content (AvgIpc) is 2.35. The molecule has 17 heavy (non-hydrogen) atoms. The average molecular weight is 251 g/mol. The van der Waals surface area contributed by atoms with Crippen LogP contribution in [0.3, 0.4) is 0 Å². The van der Waals surface area contributed by atoms with E-state index in [1.165, 1.54) is 0 Å². The van der Waals surface area contributed by atoms with Gasteiger partial charge in [-0.25, -0.2) is 0 Å². The molecular weight excluding hydrogens is 234 g/mol. The van der Waals surface area contributed by atoms with Gasteiger partial charge in [0.05, 0.1) is 12.2 Å². The summed E-state index contributed by atoms with van der Waals surface area (Å²) in [6, 6.07) is 9.23. The van der Waals surface area contributed by atoms with E-state index in [0.29, 0.717) is 23.7 Å². The van der Waals surface area contributed by atoms with E-state index < -0.39 is 10.8 Å². The first-order valence-electron chi connectivity index (χ1n) is 5.74. The molecule has 0 fully saturated rings. The summed E-state index contributed by atoms with van der Waals surface area (Å²) in [5.41, 5.74) is 0.544. The first-order valence-corrected chi connectivity index (χ1v) is 7.23. The van der Waals surface area contributed by atoms with Crippen molar-refractivity contribution in [1.82, 2.24) is 0 Å². The number of hydrogen-bond acceptors (Lipinski definition) is 3. The van der Waals surface area contributed by atoms with Crippen molar-refractivity contribution in [1.29, 1.82) is 5.26 Å².